The summed E-state index contributed by atoms with van der Waals surface area (Å²) < 4.78 is 18.1. The number of rotatable bonds is 1. The summed E-state index contributed by atoms with van der Waals surface area (Å²) in [4.78, 5) is 12.1. The molecule has 4 aliphatic carbocycles. The Morgan fingerprint density at radius 3 is 2.66 bits per heavy atom. The Hall–Kier alpha value is -0.990. The van der Waals surface area contributed by atoms with Gasteiger partial charge in [-0.3, -0.25) is 4.79 Å². The maximum Gasteiger partial charge on any atom is 0.303 e. The van der Waals surface area contributed by atoms with Crippen LogP contribution in [0.15, 0.2) is 12.2 Å². The Balaban J connectivity index is 1.61. The molecule has 11 atom stereocenters. The van der Waals surface area contributed by atoms with Crippen LogP contribution in [0.5, 0.6) is 0 Å². The first-order valence-electron chi connectivity index (χ1n) is 10.8. The zero-order valence-electron chi connectivity index (χ0n) is 17.1. The fourth-order valence-electron chi connectivity index (χ4n) is 8.64. The van der Waals surface area contributed by atoms with Crippen LogP contribution in [0.3, 0.4) is 0 Å². The second-order valence-electron chi connectivity index (χ2n) is 11.0. The van der Waals surface area contributed by atoms with E-state index in [-0.39, 0.29) is 30.0 Å². The van der Waals surface area contributed by atoms with Gasteiger partial charge in [0.2, 0.25) is 5.79 Å². The van der Waals surface area contributed by atoms with Gasteiger partial charge in [0.15, 0.2) is 6.10 Å². The van der Waals surface area contributed by atoms with Crippen LogP contribution in [-0.4, -0.2) is 64.2 Å². The molecule has 7 nitrogen and oxygen atoms in total. The van der Waals surface area contributed by atoms with Crippen molar-refractivity contribution < 1.29 is 34.3 Å². The Bertz CT molecular complexity index is 820. The van der Waals surface area contributed by atoms with E-state index >= 15 is 0 Å². The molecule has 0 aromatic carbocycles. The second-order valence-corrected chi connectivity index (χ2v) is 11.0. The lowest BCUT2D eigenvalue weighted by Crippen LogP contribution is -2.84. The number of hydrogen-bond acceptors (Lipinski definition) is 7. The first-order chi connectivity index (χ1) is 13.5. The van der Waals surface area contributed by atoms with Gasteiger partial charge in [0.1, 0.15) is 0 Å². The van der Waals surface area contributed by atoms with Crippen molar-refractivity contribution in [3.8, 4) is 0 Å². The molecule has 0 radical (unpaired) electrons. The van der Waals surface area contributed by atoms with Gasteiger partial charge in [0.05, 0.1) is 36.4 Å². The summed E-state index contributed by atoms with van der Waals surface area (Å²) in [5.74, 6) is -2.81. The molecule has 3 N–H and O–H groups in total. The topological polar surface area (TPSA) is 109 Å². The van der Waals surface area contributed by atoms with E-state index in [0.717, 1.165) is 0 Å². The van der Waals surface area contributed by atoms with Crippen molar-refractivity contribution in [2.45, 2.75) is 76.3 Å². The number of esters is 1. The molecule has 7 fully saturated rings. The summed E-state index contributed by atoms with van der Waals surface area (Å²) in [6.07, 6.45) is -0.725. The van der Waals surface area contributed by atoms with E-state index in [9.17, 15) is 20.1 Å². The maximum atomic E-state index is 12.1. The molecule has 0 amide bonds. The van der Waals surface area contributed by atoms with Crippen molar-refractivity contribution in [3.05, 3.63) is 12.2 Å². The highest BCUT2D eigenvalue weighted by molar-refractivity contribution is 5.66. The highest BCUT2D eigenvalue weighted by Crippen LogP contribution is 2.80. The van der Waals surface area contributed by atoms with Crippen LogP contribution in [-0.2, 0) is 19.0 Å². The molecule has 29 heavy (non-hydrogen) atoms. The van der Waals surface area contributed by atoms with Gasteiger partial charge in [-0.15, -0.1) is 0 Å². The second kappa shape index (κ2) is 5.07. The standard InChI is InChI=1S/C22H30O7/c1-9-11-7-21(17(9)25)15(14-13(11)29-14)20-6-5-12(24)19(3,4)16(20)18(28-10(2)23)22(21,26)27-8-20/h11-18,24-26H,1,5-8H2,2-4H3/t11-,12-,13+,14+,15+,16-,17-,18+,20-,21+,22-/m1/s1. The first kappa shape index (κ1) is 18.8. The monoisotopic (exact) mass is 406 g/mol. The Morgan fingerprint density at radius 2 is 1.97 bits per heavy atom. The molecule has 3 heterocycles. The lowest BCUT2D eigenvalue weighted by molar-refractivity contribution is -0.459. The predicted octanol–water partition coefficient (Wildman–Crippen LogP) is 0.755. The molecule has 0 unspecified atom stereocenters. The number of hydrogen-bond donors (Lipinski definition) is 3. The molecule has 0 aromatic heterocycles. The van der Waals surface area contributed by atoms with Gasteiger partial charge in [-0.05, 0) is 30.3 Å². The minimum atomic E-state index is -1.85. The van der Waals surface area contributed by atoms with E-state index in [1.165, 1.54) is 6.92 Å². The van der Waals surface area contributed by atoms with Crippen molar-refractivity contribution in [2.24, 2.45) is 34.0 Å². The molecule has 4 bridgehead atoms. The highest BCUT2D eigenvalue weighted by atomic mass is 16.7. The number of aliphatic hydroxyl groups is 3. The smallest absolute Gasteiger partial charge is 0.303 e. The number of carbonyl (C=O) groups excluding carboxylic acids is 1. The highest BCUT2D eigenvalue weighted by Gasteiger charge is 2.88. The molecule has 160 valence electrons. The number of fused-ring (bicyclic) bond motifs is 4. The van der Waals surface area contributed by atoms with Gasteiger partial charge in [-0.2, -0.15) is 0 Å². The van der Waals surface area contributed by atoms with E-state index < -0.39 is 46.3 Å². The van der Waals surface area contributed by atoms with Gasteiger partial charge < -0.3 is 29.5 Å². The van der Waals surface area contributed by atoms with Crippen LogP contribution in [0.2, 0.25) is 0 Å². The van der Waals surface area contributed by atoms with Crippen LogP contribution < -0.4 is 0 Å². The van der Waals surface area contributed by atoms with E-state index in [0.29, 0.717) is 31.4 Å². The zero-order chi connectivity index (χ0) is 20.7. The van der Waals surface area contributed by atoms with Crippen molar-refractivity contribution in [1.82, 2.24) is 0 Å². The van der Waals surface area contributed by atoms with Gasteiger partial charge >= 0.3 is 5.97 Å². The van der Waals surface area contributed by atoms with Crippen LogP contribution in [0.4, 0.5) is 0 Å². The van der Waals surface area contributed by atoms with Gasteiger partial charge in [-0.25, -0.2) is 0 Å². The van der Waals surface area contributed by atoms with Gasteiger partial charge in [-0.1, -0.05) is 20.4 Å². The van der Waals surface area contributed by atoms with Crippen molar-refractivity contribution in [3.63, 3.8) is 0 Å². The van der Waals surface area contributed by atoms with E-state index in [1.54, 1.807) is 0 Å². The molecule has 3 saturated heterocycles. The third-order valence-corrected chi connectivity index (χ3v) is 9.71. The molecule has 7 aliphatic rings. The molecule has 7 heteroatoms. The molecule has 0 aromatic rings. The third-order valence-electron chi connectivity index (χ3n) is 9.71. The Morgan fingerprint density at radius 1 is 1.24 bits per heavy atom. The van der Waals surface area contributed by atoms with Gasteiger partial charge in [0.25, 0.3) is 0 Å². The van der Waals surface area contributed by atoms with Gasteiger partial charge in [0, 0.05) is 30.1 Å². The molecule has 4 saturated carbocycles. The molecule has 2 spiro atoms. The van der Waals surface area contributed by atoms with E-state index in [4.69, 9.17) is 14.2 Å². The fourth-order valence-corrected chi connectivity index (χ4v) is 8.64. The SMILES string of the molecule is C=C1[C@H]2C[C@@]3([C@@H]1O)[C@@H]([C@H]1O[C@H]12)[C@]12CC[C@@H](O)C(C)(C)[C@H]1[C@H](OC(C)=O)[C@@]3(O)OC2. The molecule has 7 rings (SSSR count). The number of ether oxygens (including phenoxy) is 3. The Labute approximate surface area is 170 Å². The predicted molar refractivity (Wildman–Crippen MR) is 99.2 cm³/mol. The van der Waals surface area contributed by atoms with E-state index in [2.05, 4.69) is 6.58 Å². The lowest BCUT2D eigenvalue weighted by atomic mass is 9.36. The summed E-state index contributed by atoms with van der Waals surface area (Å²) in [5, 5.41) is 34.4. The van der Waals surface area contributed by atoms with E-state index in [1.807, 2.05) is 13.8 Å². The average molecular weight is 406 g/mol. The van der Waals surface area contributed by atoms with Crippen LogP contribution in [0.1, 0.15) is 40.0 Å². The number of carbonyl (C=O) groups is 1. The summed E-state index contributed by atoms with van der Waals surface area (Å²) in [7, 11) is 0. The van der Waals surface area contributed by atoms with Crippen LogP contribution >= 0.6 is 0 Å². The lowest BCUT2D eigenvalue weighted by Gasteiger charge is -2.74. The summed E-state index contributed by atoms with van der Waals surface area (Å²) in [5.41, 5.74) is -1.38. The Kier molecular flexibility index (Phi) is 3.28. The zero-order valence-corrected chi connectivity index (χ0v) is 17.1. The minimum absolute atomic E-state index is 0.0201. The van der Waals surface area contributed by atoms with Crippen LogP contribution in [0, 0.1) is 34.0 Å². The number of epoxide rings is 1. The van der Waals surface area contributed by atoms with Crippen LogP contribution in [0.25, 0.3) is 0 Å². The summed E-state index contributed by atoms with van der Waals surface area (Å²) >= 11 is 0. The molecule has 3 aliphatic heterocycles. The number of aliphatic hydroxyl groups excluding tert-OH is 2. The average Bonchev–Trinajstić information content (AvgIpc) is 3.40. The third kappa shape index (κ3) is 1.76. The van der Waals surface area contributed by atoms with Crippen molar-refractivity contribution in [2.75, 3.05) is 6.61 Å². The quantitative estimate of drug-likeness (QED) is 0.335. The summed E-state index contributed by atoms with van der Waals surface area (Å²) in [6, 6.07) is 0. The van der Waals surface area contributed by atoms with Crippen molar-refractivity contribution >= 4 is 5.97 Å². The largest absolute Gasteiger partial charge is 0.456 e. The fraction of sp³-hybridized carbons (Fsp3) is 0.864. The minimum Gasteiger partial charge on any atom is -0.456 e. The van der Waals surface area contributed by atoms with Crippen molar-refractivity contribution in [1.29, 1.82) is 0 Å². The molecular weight excluding hydrogens is 376 g/mol. The maximum absolute atomic E-state index is 12.1. The first-order valence-corrected chi connectivity index (χ1v) is 10.8. The summed E-state index contributed by atoms with van der Waals surface area (Å²) in [6.45, 7) is 9.74. The molecular formula is C22H30O7. The normalized spacial score (nSPS) is 60.8.